The van der Waals surface area contributed by atoms with E-state index in [9.17, 15) is 0 Å². The van der Waals surface area contributed by atoms with Crippen LogP contribution in [0.25, 0.3) is 0 Å². The molecule has 3 rings (SSSR count). The zero-order valence-electron chi connectivity index (χ0n) is 14.7. The van der Waals surface area contributed by atoms with Crippen LogP contribution in [-0.4, -0.2) is 6.54 Å². The van der Waals surface area contributed by atoms with E-state index in [1.807, 2.05) is 30.3 Å². The van der Waals surface area contributed by atoms with E-state index >= 15 is 0 Å². The van der Waals surface area contributed by atoms with Crippen molar-refractivity contribution < 1.29 is 4.74 Å². The summed E-state index contributed by atoms with van der Waals surface area (Å²) in [6, 6.07) is 22.3. The number of halogens is 3. The molecule has 0 aliphatic carbocycles. The van der Waals surface area contributed by atoms with Gasteiger partial charge in [0, 0.05) is 11.6 Å². The van der Waals surface area contributed by atoms with Crippen LogP contribution in [0.1, 0.15) is 16.7 Å². The molecular formula is C22H20Br2ClNO. The number of nitrogens with one attached hydrogen (secondary N) is 1. The first-order chi connectivity index (χ1) is 13.1. The van der Waals surface area contributed by atoms with Gasteiger partial charge in [-0.2, -0.15) is 0 Å². The van der Waals surface area contributed by atoms with Crippen molar-refractivity contribution >= 4 is 43.5 Å². The average Bonchev–Trinajstić information content (AvgIpc) is 2.67. The van der Waals surface area contributed by atoms with Gasteiger partial charge in [0.05, 0.1) is 8.95 Å². The van der Waals surface area contributed by atoms with Gasteiger partial charge in [-0.1, -0.05) is 54.1 Å². The van der Waals surface area contributed by atoms with Gasteiger partial charge in [0.2, 0.25) is 0 Å². The molecule has 0 spiro atoms. The third kappa shape index (κ3) is 6.35. The second-order valence-corrected chi connectivity index (χ2v) is 8.36. The van der Waals surface area contributed by atoms with Crippen LogP contribution in [0.5, 0.6) is 5.75 Å². The Bertz CT molecular complexity index is 846. The van der Waals surface area contributed by atoms with E-state index < -0.39 is 0 Å². The Morgan fingerprint density at radius 1 is 0.815 bits per heavy atom. The summed E-state index contributed by atoms with van der Waals surface area (Å²) in [7, 11) is 0. The summed E-state index contributed by atoms with van der Waals surface area (Å²) >= 11 is 13.2. The Morgan fingerprint density at radius 3 is 2.15 bits per heavy atom. The molecule has 3 aromatic carbocycles. The van der Waals surface area contributed by atoms with E-state index in [0.29, 0.717) is 6.61 Å². The topological polar surface area (TPSA) is 21.3 Å². The molecule has 0 aliphatic rings. The highest BCUT2D eigenvalue weighted by molar-refractivity contribution is 9.11. The van der Waals surface area contributed by atoms with Crippen molar-refractivity contribution in [1.82, 2.24) is 5.32 Å². The molecule has 1 N–H and O–H groups in total. The summed E-state index contributed by atoms with van der Waals surface area (Å²) < 4.78 is 7.87. The molecule has 27 heavy (non-hydrogen) atoms. The average molecular weight is 510 g/mol. The monoisotopic (exact) mass is 507 g/mol. The first kappa shape index (κ1) is 20.4. The fraction of sp³-hybridized carbons (Fsp3) is 0.182. The minimum atomic E-state index is 0.538. The molecule has 0 radical (unpaired) electrons. The van der Waals surface area contributed by atoms with Crippen LogP contribution in [0.15, 0.2) is 75.7 Å². The van der Waals surface area contributed by atoms with Crippen LogP contribution >= 0.6 is 43.5 Å². The van der Waals surface area contributed by atoms with Crippen LogP contribution in [0.3, 0.4) is 0 Å². The number of hydrogen-bond donors (Lipinski definition) is 1. The predicted octanol–water partition coefficient (Wildman–Crippen LogP) is 6.78. The molecule has 140 valence electrons. The molecule has 0 bridgehead atoms. The molecule has 2 nitrogen and oxygen atoms in total. The van der Waals surface area contributed by atoms with E-state index in [2.05, 4.69) is 73.6 Å². The maximum Gasteiger partial charge on any atom is 0.148 e. The minimum absolute atomic E-state index is 0.538. The van der Waals surface area contributed by atoms with Gasteiger partial charge >= 0.3 is 0 Å². The van der Waals surface area contributed by atoms with E-state index in [1.54, 1.807) is 0 Å². The second-order valence-electron chi connectivity index (χ2n) is 6.22. The van der Waals surface area contributed by atoms with E-state index in [4.69, 9.17) is 16.3 Å². The SMILES string of the molecule is Clc1ccc(CCNCc2cc(Br)c(OCc3ccccc3)c(Br)c2)cc1. The Balaban J connectivity index is 1.52. The van der Waals surface area contributed by atoms with Crippen molar-refractivity contribution in [3.63, 3.8) is 0 Å². The normalized spacial score (nSPS) is 10.8. The largest absolute Gasteiger partial charge is 0.487 e. The summed E-state index contributed by atoms with van der Waals surface area (Å²) in [5.74, 6) is 0.823. The van der Waals surface area contributed by atoms with Gasteiger partial charge in [-0.05, 0) is 85.8 Å². The van der Waals surface area contributed by atoms with Crippen molar-refractivity contribution in [3.05, 3.63) is 97.4 Å². The fourth-order valence-electron chi connectivity index (χ4n) is 2.70. The molecule has 0 aliphatic heterocycles. The lowest BCUT2D eigenvalue weighted by atomic mass is 10.1. The maximum absolute atomic E-state index is 5.98. The van der Waals surface area contributed by atoms with Crippen LogP contribution in [0, 0.1) is 0 Å². The molecule has 5 heteroatoms. The molecule has 0 saturated heterocycles. The Labute approximate surface area is 182 Å². The zero-order chi connectivity index (χ0) is 19.1. The molecule has 0 aromatic heterocycles. The molecule has 0 heterocycles. The standard InChI is InChI=1S/C22H20Br2ClNO/c23-20-12-18(14-26-11-10-16-6-8-19(25)9-7-16)13-21(24)22(20)27-15-17-4-2-1-3-5-17/h1-9,12-13,26H,10-11,14-15H2. The Kier molecular flexibility index (Phi) is 7.77. The van der Waals surface area contributed by atoms with Gasteiger partial charge in [0.1, 0.15) is 12.4 Å². The first-order valence-corrected chi connectivity index (χ1v) is 10.7. The summed E-state index contributed by atoms with van der Waals surface area (Å²) in [4.78, 5) is 0. The number of rotatable bonds is 8. The zero-order valence-corrected chi connectivity index (χ0v) is 18.6. The van der Waals surface area contributed by atoms with Gasteiger partial charge in [-0.15, -0.1) is 0 Å². The van der Waals surface area contributed by atoms with Crippen LogP contribution in [0.2, 0.25) is 5.02 Å². The molecule has 3 aromatic rings. The number of benzene rings is 3. The summed E-state index contributed by atoms with van der Waals surface area (Å²) in [5, 5.41) is 4.26. The lowest BCUT2D eigenvalue weighted by molar-refractivity contribution is 0.302. The van der Waals surface area contributed by atoms with Gasteiger partial charge in [-0.3, -0.25) is 0 Å². The molecule has 0 saturated carbocycles. The Morgan fingerprint density at radius 2 is 1.48 bits per heavy atom. The predicted molar refractivity (Wildman–Crippen MR) is 119 cm³/mol. The second kappa shape index (κ2) is 10.3. The maximum atomic E-state index is 5.98. The lowest BCUT2D eigenvalue weighted by Gasteiger charge is -2.13. The van der Waals surface area contributed by atoms with Gasteiger partial charge < -0.3 is 10.1 Å². The van der Waals surface area contributed by atoms with Gasteiger partial charge in [-0.25, -0.2) is 0 Å². The third-order valence-corrected chi connectivity index (χ3v) is 5.55. The van der Waals surface area contributed by atoms with Gasteiger partial charge in [0.25, 0.3) is 0 Å². The highest BCUT2D eigenvalue weighted by Crippen LogP contribution is 2.35. The summed E-state index contributed by atoms with van der Waals surface area (Å²) in [6.45, 7) is 2.24. The minimum Gasteiger partial charge on any atom is -0.487 e. The van der Waals surface area contributed by atoms with Crippen molar-refractivity contribution in [2.75, 3.05) is 6.54 Å². The van der Waals surface area contributed by atoms with E-state index in [1.165, 1.54) is 11.1 Å². The van der Waals surface area contributed by atoms with Crippen molar-refractivity contribution in [1.29, 1.82) is 0 Å². The number of ether oxygens (including phenoxy) is 1. The van der Waals surface area contributed by atoms with Crippen LogP contribution in [-0.2, 0) is 19.6 Å². The van der Waals surface area contributed by atoms with Crippen molar-refractivity contribution in [2.45, 2.75) is 19.6 Å². The molecule has 0 fully saturated rings. The highest BCUT2D eigenvalue weighted by atomic mass is 79.9. The highest BCUT2D eigenvalue weighted by Gasteiger charge is 2.09. The molecule has 0 unspecified atom stereocenters. The molecular weight excluding hydrogens is 490 g/mol. The first-order valence-electron chi connectivity index (χ1n) is 8.71. The van der Waals surface area contributed by atoms with E-state index in [-0.39, 0.29) is 0 Å². The summed E-state index contributed by atoms with van der Waals surface area (Å²) in [5.41, 5.74) is 3.61. The van der Waals surface area contributed by atoms with Crippen molar-refractivity contribution in [3.8, 4) is 5.75 Å². The van der Waals surface area contributed by atoms with Crippen LogP contribution < -0.4 is 10.1 Å². The molecule has 0 amide bonds. The smallest absolute Gasteiger partial charge is 0.148 e. The lowest BCUT2D eigenvalue weighted by Crippen LogP contribution is -2.16. The fourth-order valence-corrected chi connectivity index (χ4v) is 4.33. The Hall–Kier alpha value is -1.33. The van der Waals surface area contributed by atoms with Crippen LogP contribution in [0.4, 0.5) is 0 Å². The third-order valence-electron chi connectivity index (χ3n) is 4.12. The van der Waals surface area contributed by atoms with E-state index in [0.717, 1.165) is 44.8 Å². The van der Waals surface area contributed by atoms with Crippen molar-refractivity contribution in [2.24, 2.45) is 0 Å². The molecule has 0 atom stereocenters. The van der Waals surface area contributed by atoms with Gasteiger partial charge in [0.15, 0.2) is 0 Å². The number of hydrogen-bond acceptors (Lipinski definition) is 2. The summed E-state index contributed by atoms with van der Waals surface area (Å²) in [6.07, 6.45) is 0.970. The quantitative estimate of drug-likeness (QED) is 0.338.